The second-order valence-electron chi connectivity index (χ2n) is 7.90. The fourth-order valence-electron chi connectivity index (χ4n) is 5.94. The first-order chi connectivity index (χ1) is 13.4. The quantitative estimate of drug-likeness (QED) is 0.481. The van der Waals surface area contributed by atoms with Gasteiger partial charge in [-0.05, 0) is 42.4 Å². The zero-order valence-electron chi connectivity index (χ0n) is 14.3. The highest BCUT2D eigenvalue weighted by Crippen LogP contribution is 2.68. The van der Waals surface area contributed by atoms with Crippen LogP contribution in [0.15, 0.2) is 32.5 Å². The van der Waals surface area contributed by atoms with Crippen LogP contribution in [0, 0.1) is 29.6 Å². The third-order valence-corrected chi connectivity index (χ3v) is 9.86. The molecular formula is C19H14BrNO5S2. The second kappa shape index (κ2) is 5.73. The largest absolute Gasteiger partial charge is 0.508 e. The maximum absolute atomic E-state index is 12.4. The highest BCUT2D eigenvalue weighted by atomic mass is 79.9. The van der Waals surface area contributed by atoms with Gasteiger partial charge in [0.25, 0.3) is 0 Å². The number of carbonyl (C=O) groups is 2. The molecule has 0 radical (unpaired) electrons. The lowest BCUT2D eigenvalue weighted by molar-refractivity contribution is -0.154. The van der Waals surface area contributed by atoms with Crippen LogP contribution in [-0.2, 0) is 14.3 Å². The molecule has 2 aromatic rings. The molecule has 0 spiro atoms. The molecule has 6 nitrogen and oxygen atoms in total. The van der Waals surface area contributed by atoms with Gasteiger partial charge in [-0.1, -0.05) is 27.3 Å². The number of nitrogens with one attached hydrogen (secondary N) is 1. The zero-order chi connectivity index (χ0) is 19.3. The Morgan fingerprint density at radius 1 is 1.14 bits per heavy atom. The minimum atomic E-state index is -0.406. The van der Waals surface area contributed by atoms with Gasteiger partial charge in [-0.15, -0.1) is 11.8 Å². The molecule has 2 N–H and O–H groups in total. The van der Waals surface area contributed by atoms with Gasteiger partial charge >= 0.3 is 16.8 Å². The average molecular weight is 480 g/mol. The number of rotatable bonds is 1. The Kier molecular flexibility index (Phi) is 3.54. The fourth-order valence-corrected chi connectivity index (χ4v) is 9.20. The molecule has 6 rings (SSSR count). The summed E-state index contributed by atoms with van der Waals surface area (Å²) in [4.78, 5) is 40.5. The summed E-state index contributed by atoms with van der Waals surface area (Å²) in [5.41, 5.74) is 0.753. The number of aromatic hydroxyl groups is 1. The maximum Gasteiger partial charge on any atom is 0.317 e. The number of ether oxygens (including phenoxy) is 1. The number of aromatic amines is 1. The van der Waals surface area contributed by atoms with E-state index in [1.54, 1.807) is 23.9 Å². The fraction of sp³-hybridized carbons (Fsp3) is 0.421. The number of aromatic nitrogens is 1. The van der Waals surface area contributed by atoms with Crippen molar-refractivity contribution in [2.75, 3.05) is 0 Å². The van der Waals surface area contributed by atoms with Crippen molar-refractivity contribution < 1.29 is 19.4 Å². The van der Waals surface area contributed by atoms with Gasteiger partial charge in [0.2, 0.25) is 0 Å². The smallest absolute Gasteiger partial charge is 0.317 e. The standard InChI is InChI=1S/C19H14BrNO5S2/c20-5-1-2-9(22)6(3-5)10-11-7-4-8(13-12(7)17(23)26-18(13)24)14(11)27-16-15(10)28-19(25)21-16/h1-3,7-8,10-14,22H,4H2,(H,21,25)/t7-,8+,10+,11-,12+,13+,14-/m0/s1. The molecule has 9 heteroatoms. The molecule has 144 valence electrons. The summed E-state index contributed by atoms with van der Waals surface area (Å²) in [7, 11) is 0. The van der Waals surface area contributed by atoms with Crippen LogP contribution >= 0.6 is 39.0 Å². The first kappa shape index (κ1) is 17.3. The number of thiazole rings is 1. The molecule has 0 unspecified atom stereocenters. The minimum Gasteiger partial charge on any atom is -0.508 e. The lowest BCUT2D eigenvalue weighted by Crippen LogP contribution is -2.42. The van der Waals surface area contributed by atoms with E-state index in [4.69, 9.17) is 4.74 Å². The Balaban J connectivity index is 1.55. The summed E-state index contributed by atoms with van der Waals surface area (Å²) in [5, 5.41) is 11.6. The SMILES string of the molecule is O=C1OC(=O)[C@@H]2[C@H]3C[C@H]([C@@H]12)[C@H]1[C@@H](c2cc(Br)ccc2O)c2sc(=O)[nH]c2S[C@@H]31. The highest BCUT2D eigenvalue weighted by molar-refractivity contribution is 9.10. The van der Waals surface area contributed by atoms with Crippen LogP contribution in [-0.4, -0.2) is 27.3 Å². The topological polar surface area (TPSA) is 96.5 Å². The molecule has 1 saturated heterocycles. The van der Waals surface area contributed by atoms with E-state index in [9.17, 15) is 19.5 Å². The van der Waals surface area contributed by atoms with Crippen molar-refractivity contribution in [3.8, 4) is 5.75 Å². The van der Waals surface area contributed by atoms with Gasteiger partial charge in [-0.2, -0.15) is 0 Å². The van der Waals surface area contributed by atoms with Gasteiger partial charge in [-0.3, -0.25) is 14.4 Å². The Hall–Kier alpha value is -1.58. The van der Waals surface area contributed by atoms with Crippen LogP contribution in [0.4, 0.5) is 0 Å². The van der Waals surface area contributed by atoms with Gasteiger partial charge in [0, 0.05) is 26.1 Å². The molecule has 0 amide bonds. The van der Waals surface area contributed by atoms with Crippen molar-refractivity contribution in [1.29, 1.82) is 0 Å². The summed E-state index contributed by atoms with van der Waals surface area (Å²) in [6.07, 6.45) is 0.808. The summed E-state index contributed by atoms with van der Waals surface area (Å²) in [5.74, 6) is -1.45. The van der Waals surface area contributed by atoms with Crippen LogP contribution in [0.1, 0.15) is 22.8 Å². The van der Waals surface area contributed by atoms with E-state index in [0.29, 0.717) is 0 Å². The highest BCUT2D eigenvalue weighted by Gasteiger charge is 2.69. The molecule has 2 bridgehead atoms. The number of benzene rings is 1. The van der Waals surface area contributed by atoms with Crippen LogP contribution in [0.3, 0.4) is 0 Å². The second-order valence-corrected chi connectivity index (χ2v) is 11.0. The van der Waals surface area contributed by atoms with Gasteiger partial charge in [-0.25, -0.2) is 0 Å². The molecule has 1 aromatic heterocycles. The molecule has 3 fully saturated rings. The number of phenols is 1. The molecule has 3 heterocycles. The maximum atomic E-state index is 12.4. The van der Waals surface area contributed by atoms with Crippen LogP contribution in [0.2, 0.25) is 0 Å². The molecule has 2 aliphatic carbocycles. The summed E-state index contributed by atoms with van der Waals surface area (Å²) < 4.78 is 5.82. The van der Waals surface area contributed by atoms with Gasteiger partial charge < -0.3 is 14.8 Å². The molecular weight excluding hydrogens is 466 g/mol. The van der Waals surface area contributed by atoms with Crippen LogP contribution in [0.5, 0.6) is 5.75 Å². The third-order valence-electron chi connectivity index (χ3n) is 6.78. The number of carbonyl (C=O) groups excluding carboxylic acids is 2. The summed E-state index contributed by atoms with van der Waals surface area (Å²) >= 11 is 6.27. The minimum absolute atomic E-state index is 0.0141. The number of cyclic esters (lactones) is 2. The van der Waals surface area contributed by atoms with Crippen molar-refractivity contribution in [2.45, 2.75) is 22.6 Å². The Morgan fingerprint density at radius 2 is 1.89 bits per heavy atom. The Morgan fingerprint density at radius 3 is 2.68 bits per heavy atom. The van der Waals surface area contributed by atoms with Crippen molar-refractivity contribution in [3.63, 3.8) is 0 Å². The third kappa shape index (κ3) is 2.12. The zero-order valence-corrected chi connectivity index (χ0v) is 17.5. The summed E-state index contributed by atoms with van der Waals surface area (Å²) in [6.45, 7) is 0. The predicted octanol–water partition coefficient (Wildman–Crippen LogP) is 3.09. The normalized spacial score (nSPS) is 37.5. The first-order valence-corrected chi connectivity index (χ1v) is 11.6. The van der Waals surface area contributed by atoms with E-state index < -0.39 is 17.9 Å². The number of hydrogen-bond donors (Lipinski definition) is 2. The number of thioether (sulfide) groups is 1. The average Bonchev–Trinajstić information content (AvgIpc) is 3.36. The molecule has 4 aliphatic rings. The number of halogens is 1. The van der Waals surface area contributed by atoms with Crippen molar-refractivity contribution in [3.05, 3.63) is 42.8 Å². The van der Waals surface area contributed by atoms with Gasteiger partial charge in [0.1, 0.15) is 5.75 Å². The van der Waals surface area contributed by atoms with E-state index in [0.717, 1.165) is 26.4 Å². The lowest BCUT2D eigenvalue weighted by Gasteiger charge is -2.42. The van der Waals surface area contributed by atoms with Crippen LogP contribution in [0.25, 0.3) is 0 Å². The van der Waals surface area contributed by atoms with E-state index in [1.165, 1.54) is 11.3 Å². The van der Waals surface area contributed by atoms with Gasteiger partial charge in [0.05, 0.1) is 16.9 Å². The number of H-pyrrole nitrogens is 1. The number of fused-ring (bicyclic) bond motifs is 9. The predicted molar refractivity (Wildman–Crippen MR) is 105 cm³/mol. The molecule has 2 aliphatic heterocycles. The molecule has 7 atom stereocenters. The summed E-state index contributed by atoms with van der Waals surface area (Å²) in [6, 6.07) is 5.31. The van der Waals surface area contributed by atoms with E-state index in [1.807, 2.05) is 6.07 Å². The van der Waals surface area contributed by atoms with Crippen molar-refractivity contribution in [2.24, 2.45) is 29.6 Å². The van der Waals surface area contributed by atoms with E-state index in [2.05, 4.69) is 20.9 Å². The lowest BCUT2D eigenvalue weighted by atomic mass is 9.68. The van der Waals surface area contributed by atoms with Crippen molar-refractivity contribution in [1.82, 2.24) is 4.98 Å². The molecule has 1 aromatic carbocycles. The van der Waals surface area contributed by atoms with E-state index in [-0.39, 0.29) is 45.5 Å². The van der Waals surface area contributed by atoms with Crippen LogP contribution < -0.4 is 4.87 Å². The number of phenolic OH excluding ortho intramolecular Hbond substituents is 1. The molecule has 28 heavy (non-hydrogen) atoms. The van der Waals surface area contributed by atoms with Gasteiger partial charge in [0.15, 0.2) is 0 Å². The van der Waals surface area contributed by atoms with Crippen molar-refractivity contribution >= 4 is 51.0 Å². The number of esters is 2. The monoisotopic (exact) mass is 479 g/mol. The Labute approximate surface area is 175 Å². The van der Waals surface area contributed by atoms with E-state index >= 15 is 0 Å². The molecule has 2 saturated carbocycles. The first-order valence-electron chi connectivity index (χ1n) is 9.07. The number of hydrogen-bond acceptors (Lipinski definition) is 7. The Bertz CT molecular complexity index is 1110.